The van der Waals surface area contributed by atoms with Crippen LogP contribution in [0.3, 0.4) is 0 Å². The lowest BCUT2D eigenvalue weighted by molar-refractivity contribution is -0.131. The standard InChI is InChI=1S/C22H30N2O3S/c1-22(26)12-14-24(13-6-10-17-8-4-3-5-9-17)20(18-11-7-15-28-18)21(22)23-19(25)16-27-2/h3-5,7-9,11,15,20-21,26H,6,10,12-14,16H2,1-2H3,(H,23,25). The van der Waals surface area contributed by atoms with Gasteiger partial charge in [-0.1, -0.05) is 36.4 Å². The Balaban J connectivity index is 1.75. The lowest BCUT2D eigenvalue weighted by Gasteiger charge is -2.48. The van der Waals surface area contributed by atoms with E-state index in [2.05, 4.69) is 45.9 Å². The number of amides is 1. The maximum atomic E-state index is 12.3. The van der Waals surface area contributed by atoms with Crippen LogP contribution in [0.4, 0.5) is 0 Å². The quantitative estimate of drug-likeness (QED) is 0.713. The molecule has 2 aromatic rings. The van der Waals surface area contributed by atoms with Gasteiger partial charge in [0.25, 0.3) is 0 Å². The third-order valence-electron chi connectivity index (χ3n) is 5.46. The van der Waals surface area contributed by atoms with Crippen LogP contribution in [0.25, 0.3) is 0 Å². The smallest absolute Gasteiger partial charge is 0.246 e. The van der Waals surface area contributed by atoms with Crippen LogP contribution in [-0.2, 0) is 16.0 Å². The van der Waals surface area contributed by atoms with Gasteiger partial charge in [-0.3, -0.25) is 9.69 Å². The van der Waals surface area contributed by atoms with Gasteiger partial charge >= 0.3 is 0 Å². The Morgan fingerprint density at radius 1 is 1.32 bits per heavy atom. The van der Waals surface area contributed by atoms with Crippen molar-refractivity contribution in [3.63, 3.8) is 0 Å². The molecule has 3 unspecified atom stereocenters. The molecule has 0 bridgehead atoms. The number of benzene rings is 1. The summed E-state index contributed by atoms with van der Waals surface area (Å²) in [6.45, 7) is 3.55. The predicted molar refractivity (Wildman–Crippen MR) is 112 cm³/mol. The second-order valence-electron chi connectivity index (χ2n) is 7.67. The molecule has 6 heteroatoms. The Morgan fingerprint density at radius 2 is 2.11 bits per heavy atom. The predicted octanol–water partition coefficient (Wildman–Crippen LogP) is 3.01. The van der Waals surface area contributed by atoms with Crippen molar-refractivity contribution in [3.8, 4) is 0 Å². The Hall–Kier alpha value is -1.73. The van der Waals surface area contributed by atoms with Crippen LogP contribution >= 0.6 is 11.3 Å². The summed E-state index contributed by atoms with van der Waals surface area (Å²) < 4.78 is 4.98. The molecular weight excluding hydrogens is 372 g/mol. The number of nitrogens with one attached hydrogen (secondary N) is 1. The van der Waals surface area contributed by atoms with Crippen molar-refractivity contribution in [1.29, 1.82) is 0 Å². The molecular formula is C22H30N2O3S. The maximum Gasteiger partial charge on any atom is 0.246 e. The Bertz CT molecular complexity index is 734. The first-order valence-corrected chi connectivity index (χ1v) is 10.7. The van der Waals surface area contributed by atoms with Crippen molar-refractivity contribution >= 4 is 17.2 Å². The van der Waals surface area contributed by atoms with Crippen LogP contribution in [0, 0.1) is 0 Å². The summed E-state index contributed by atoms with van der Waals surface area (Å²) in [6, 6.07) is 14.2. The van der Waals surface area contributed by atoms with Crippen molar-refractivity contribution in [3.05, 3.63) is 58.3 Å². The molecule has 0 spiro atoms. The summed E-state index contributed by atoms with van der Waals surface area (Å²) in [4.78, 5) is 15.8. The highest BCUT2D eigenvalue weighted by Crippen LogP contribution is 2.38. The number of nitrogens with zero attached hydrogens (tertiary/aromatic N) is 1. The first kappa shape index (κ1) is 21.0. The van der Waals surface area contributed by atoms with Crippen LogP contribution in [0.2, 0.25) is 0 Å². The number of aryl methyl sites for hydroxylation is 1. The number of likely N-dealkylation sites (tertiary alicyclic amines) is 1. The molecule has 5 nitrogen and oxygen atoms in total. The maximum absolute atomic E-state index is 12.3. The summed E-state index contributed by atoms with van der Waals surface area (Å²) in [5.74, 6) is -0.194. The molecule has 1 saturated heterocycles. The molecule has 3 rings (SSSR count). The van der Waals surface area contributed by atoms with Crippen LogP contribution in [0.15, 0.2) is 47.8 Å². The van der Waals surface area contributed by atoms with Gasteiger partial charge in [-0.25, -0.2) is 0 Å². The number of hydrogen-bond acceptors (Lipinski definition) is 5. The first-order chi connectivity index (χ1) is 13.5. The zero-order chi connectivity index (χ0) is 20.0. The van der Waals surface area contributed by atoms with Crippen LogP contribution in [0.5, 0.6) is 0 Å². The van der Waals surface area contributed by atoms with E-state index in [-0.39, 0.29) is 24.6 Å². The third-order valence-corrected chi connectivity index (χ3v) is 6.41. The number of ether oxygens (including phenoxy) is 1. The third kappa shape index (κ3) is 5.20. The lowest BCUT2D eigenvalue weighted by atomic mass is 9.81. The molecule has 1 aromatic carbocycles. The van der Waals surface area contributed by atoms with Gasteiger partial charge in [0, 0.05) is 18.5 Å². The van der Waals surface area contributed by atoms with E-state index in [0.29, 0.717) is 6.42 Å². The highest BCUT2D eigenvalue weighted by atomic mass is 32.1. The topological polar surface area (TPSA) is 61.8 Å². The van der Waals surface area contributed by atoms with E-state index in [4.69, 9.17) is 4.74 Å². The van der Waals surface area contributed by atoms with E-state index in [0.717, 1.165) is 25.9 Å². The van der Waals surface area contributed by atoms with E-state index >= 15 is 0 Å². The number of aliphatic hydroxyl groups is 1. The van der Waals surface area contributed by atoms with E-state index in [1.54, 1.807) is 11.3 Å². The molecule has 152 valence electrons. The highest BCUT2D eigenvalue weighted by Gasteiger charge is 2.46. The summed E-state index contributed by atoms with van der Waals surface area (Å²) >= 11 is 1.67. The fourth-order valence-corrected chi connectivity index (χ4v) is 4.88. The molecule has 2 N–H and O–H groups in total. The largest absolute Gasteiger partial charge is 0.388 e. The monoisotopic (exact) mass is 402 g/mol. The molecule has 0 radical (unpaired) electrons. The average molecular weight is 403 g/mol. The molecule has 0 saturated carbocycles. The van der Waals surface area contributed by atoms with Gasteiger partial charge in [0.1, 0.15) is 6.61 Å². The van der Waals surface area contributed by atoms with Gasteiger partial charge in [-0.05, 0) is 49.7 Å². The molecule has 1 fully saturated rings. The summed E-state index contributed by atoms with van der Waals surface area (Å²) in [6.07, 6.45) is 2.68. The van der Waals surface area contributed by atoms with E-state index in [1.807, 2.05) is 19.1 Å². The number of carbonyl (C=O) groups is 1. The molecule has 3 atom stereocenters. The number of rotatable bonds is 8. The minimum absolute atomic E-state index is 0.00223. The van der Waals surface area contributed by atoms with Crippen molar-refractivity contribution in [1.82, 2.24) is 10.2 Å². The summed E-state index contributed by atoms with van der Waals surface area (Å²) in [7, 11) is 1.51. The number of piperidine rings is 1. The van der Waals surface area contributed by atoms with Gasteiger partial charge < -0.3 is 15.2 Å². The molecule has 1 aromatic heterocycles. The van der Waals surface area contributed by atoms with Crippen molar-refractivity contribution in [2.45, 2.75) is 43.9 Å². The Morgan fingerprint density at radius 3 is 2.79 bits per heavy atom. The van der Waals surface area contributed by atoms with E-state index in [9.17, 15) is 9.90 Å². The fourth-order valence-electron chi connectivity index (χ4n) is 3.98. The second kappa shape index (κ2) is 9.65. The number of thiophene rings is 1. The minimum atomic E-state index is -0.964. The Kier molecular flexibility index (Phi) is 7.24. The van der Waals surface area contributed by atoms with Gasteiger partial charge in [0.15, 0.2) is 0 Å². The van der Waals surface area contributed by atoms with Crippen LogP contribution < -0.4 is 5.32 Å². The summed E-state index contributed by atoms with van der Waals surface area (Å²) in [5.41, 5.74) is 0.373. The highest BCUT2D eigenvalue weighted by molar-refractivity contribution is 7.10. The fraction of sp³-hybridized carbons (Fsp3) is 0.500. The normalized spacial score (nSPS) is 25.5. The number of carbonyl (C=O) groups excluding carboxylic acids is 1. The van der Waals surface area contributed by atoms with Gasteiger partial charge in [0.05, 0.1) is 17.7 Å². The van der Waals surface area contributed by atoms with Crippen molar-refractivity contribution in [2.24, 2.45) is 0 Å². The molecule has 1 amide bonds. The van der Waals surface area contributed by atoms with E-state index < -0.39 is 5.60 Å². The van der Waals surface area contributed by atoms with Crippen LogP contribution in [0.1, 0.15) is 36.2 Å². The number of hydrogen-bond donors (Lipinski definition) is 2. The van der Waals surface area contributed by atoms with Crippen LogP contribution in [-0.4, -0.2) is 54.4 Å². The zero-order valence-corrected chi connectivity index (χ0v) is 17.5. The first-order valence-electron chi connectivity index (χ1n) is 9.83. The van der Waals surface area contributed by atoms with Crippen molar-refractivity contribution < 1.29 is 14.6 Å². The number of methoxy groups -OCH3 is 1. The lowest BCUT2D eigenvalue weighted by Crippen LogP contribution is -2.62. The van der Waals surface area contributed by atoms with E-state index in [1.165, 1.54) is 17.6 Å². The molecule has 2 heterocycles. The Labute approximate surface area is 171 Å². The minimum Gasteiger partial charge on any atom is -0.388 e. The SMILES string of the molecule is COCC(=O)NC1C(c2cccs2)N(CCCc2ccccc2)CCC1(C)O. The molecule has 28 heavy (non-hydrogen) atoms. The van der Waals surface area contributed by atoms with Gasteiger partial charge in [-0.15, -0.1) is 11.3 Å². The molecule has 0 aliphatic carbocycles. The molecule has 1 aliphatic rings. The average Bonchev–Trinajstić information content (AvgIpc) is 3.20. The van der Waals surface area contributed by atoms with Crippen molar-refractivity contribution in [2.75, 3.05) is 26.8 Å². The molecule has 1 aliphatic heterocycles. The zero-order valence-electron chi connectivity index (χ0n) is 16.6. The van der Waals surface area contributed by atoms with Gasteiger partial charge in [0.2, 0.25) is 5.91 Å². The second-order valence-corrected chi connectivity index (χ2v) is 8.65. The summed E-state index contributed by atoms with van der Waals surface area (Å²) in [5, 5.41) is 16.2. The van der Waals surface area contributed by atoms with Gasteiger partial charge in [-0.2, -0.15) is 0 Å².